The Morgan fingerprint density at radius 2 is 2.05 bits per heavy atom. The molecule has 0 aromatic rings. The van der Waals surface area contributed by atoms with E-state index in [-0.39, 0.29) is 18.4 Å². The Kier molecular flexibility index (Phi) is 6.61. The molecule has 1 saturated heterocycles. The molecule has 0 unspecified atom stereocenters. The van der Waals surface area contributed by atoms with Gasteiger partial charge in [-0.3, -0.25) is 9.59 Å². The van der Waals surface area contributed by atoms with Gasteiger partial charge in [0.1, 0.15) is 5.60 Å². The van der Waals surface area contributed by atoms with Gasteiger partial charge >= 0.3 is 5.97 Å². The molecular formula is C15H28N2O4. The normalized spacial score (nSPS) is 23.2. The fourth-order valence-corrected chi connectivity index (χ4v) is 2.66. The third-order valence-electron chi connectivity index (χ3n) is 4.19. The number of carbonyl (C=O) groups is 2. The van der Waals surface area contributed by atoms with E-state index in [9.17, 15) is 9.59 Å². The Balaban J connectivity index is 2.61. The molecule has 1 rings (SSSR count). The maximum absolute atomic E-state index is 12.2. The lowest BCUT2D eigenvalue weighted by atomic mass is 9.97. The Labute approximate surface area is 126 Å². The number of carbonyl (C=O) groups excluding carboxylic acids is 1. The molecule has 0 aromatic heterocycles. The third-order valence-corrected chi connectivity index (χ3v) is 4.19. The van der Waals surface area contributed by atoms with Gasteiger partial charge in [0, 0.05) is 32.8 Å². The molecule has 1 aliphatic heterocycles. The summed E-state index contributed by atoms with van der Waals surface area (Å²) in [6, 6.07) is 0.0701. The molecule has 6 nitrogen and oxygen atoms in total. The van der Waals surface area contributed by atoms with Gasteiger partial charge < -0.3 is 20.1 Å². The molecule has 0 saturated carbocycles. The van der Waals surface area contributed by atoms with E-state index in [4.69, 9.17) is 9.84 Å². The van der Waals surface area contributed by atoms with Crippen molar-refractivity contribution in [3.63, 3.8) is 0 Å². The molecule has 0 aliphatic carbocycles. The van der Waals surface area contributed by atoms with Crippen LogP contribution < -0.4 is 5.32 Å². The Morgan fingerprint density at radius 1 is 1.38 bits per heavy atom. The van der Waals surface area contributed by atoms with E-state index >= 15 is 0 Å². The lowest BCUT2D eigenvalue weighted by Gasteiger charge is -2.26. The Bertz CT molecular complexity index is 371. The van der Waals surface area contributed by atoms with Crippen LogP contribution in [-0.2, 0) is 14.3 Å². The smallest absolute Gasteiger partial charge is 0.304 e. The number of amides is 1. The van der Waals surface area contributed by atoms with E-state index < -0.39 is 11.6 Å². The first-order valence-electron chi connectivity index (χ1n) is 7.60. The molecule has 1 aliphatic rings. The van der Waals surface area contributed by atoms with Crippen LogP contribution in [0.15, 0.2) is 0 Å². The first kappa shape index (κ1) is 17.9. The zero-order chi connectivity index (χ0) is 16.0. The highest BCUT2D eigenvalue weighted by molar-refractivity contribution is 5.84. The quantitative estimate of drug-likeness (QED) is 0.702. The summed E-state index contributed by atoms with van der Waals surface area (Å²) in [7, 11) is 1.52. The maximum atomic E-state index is 12.2. The number of methoxy groups -OCH3 is 1. The molecule has 2 N–H and O–H groups in total. The van der Waals surface area contributed by atoms with Crippen molar-refractivity contribution in [2.24, 2.45) is 5.92 Å². The summed E-state index contributed by atoms with van der Waals surface area (Å²) in [6.45, 7) is 7.71. The highest BCUT2D eigenvalue weighted by Crippen LogP contribution is 2.23. The molecule has 0 bridgehead atoms. The summed E-state index contributed by atoms with van der Waals surface area (Å²) >= 11 is 0. The van der Waals surface area contributed by atoms with Crippen molar-refractivity contribution < 1.29 is 19.4 Å². The first-order chi connectivity index (χ1) is 9.80. The van der Waals surface area contributed by atoms with Crippen LogP contribution >= 0.6 is 0 Å². The van der Waals surface area contributed by atoms with E-state index in [1.807, 2.05) is 0 Å². The van der Waals surface area contributed by atoms with Gasteiger partial charge in [-0.05, 0) is 26.2 Å². The second kappa shape index (κ2) is 7.75. The van der Waals surface area contributed by atoms with Crippen LogP contribution in [0, 0.1) is 5.92 Å². The van der Waals surface area contributed by atoms with Gasteiger partial charge in [-0.1, -0.05) is 13.3 Å². The zero-order valence-electron chi connectivity index (χ0n) is 13.5. The van der Waals surface area contributed by atoms with Crippen LogP contribution in [0.4, 0.5) is 0 Å². The van der Waals surface area contributed by atoms with Crippen molar-refractivity contribution in [3.05, 3.63) is 0 Å². The van der Waals surface area contributed by atoms with Gasteiger partial charge in [0.25, 0.3) is 5.91 Å². The number of carboxylic acid groups (broad SMARTS) is 1. The summed E-state index contributed by atoms with van der Waals surface area (Å²) in [4.78, 5) is 25.0. The first-order valence-corrected chi connectivity index (χ1v) is 7.60. The van der Waals surface area contributed by atoms with Gasteiger partial charge in [0.05, 0.1) is 6.42 Å². The summed E-state index contributed by atoms with van der Waals surface area (Å²) in [6.07, 6.45) is 2.22. The minimum absolute atomic E-state index is 0.0701. The second-order valence-corrected chi connectivity index (χ2v) is 6.25. The lowest BCUT2D eigenvalue weighted by Crippen LogP contribution is -2.50. The van der Waals surface area contributed by atoms with E-state index in [2.05, 4.69) is 17.1 Å². The minimum atomic E-state index is -0.842. The minimum Gasteiger partial charge on any atom is -0.481 e. The SMILES string of the molecule is CCC[C@@H]1CN(CCC(=O)O)C[C@H]1NC(=O)C(C)(C)OC. The molecule has 1 fully saturated rings. The summed E-state index contributed by atoms with van der Waals surface area (Å²) < 4.78 is 5.21. The van der Waals surface area contributed by atoms with E-state index in [0.29, 0.717) is 19.0 Å². The molecule has 6 heteroatoms. The van der Waals surface area contributed by atoms with E-state index in [0.717, 1.165) is 19.4 Å². The van der Waals surface area contributed by atoms with Crippen LogP contribution in [0.5, 0.6) is 0 Å². The number of nitrogens with zero attached hydrogens (tertiary/aromatic N) is 1. The number of nitrogens with one attached hydrogen (secondary N) is 1. The largest absolute Gasteiger partial charge is 0.481 e. The van der Waals surface area contributed by atoms with Crippen LogP contribution in [0.25, 0.3) is 0 Å². The highest BCUT2D eigenvalue weighted by Gasteiger charge is 2.36. The van der Waals surface area contributed by atoms with Gasteiger partial charge in [0.2, 0.25) is 0 Å². The summed E-state index contributed by atoms with van der Waals surface area (Å²) in [5.74, 6) is -0.522. The third kappa shape index (κ3) is 5.28. The Hall–Kier alpha value is -1.14. The number of aliphatic carboxylic acids is 1. The predicted molar refractivity (Wildman–Crippen MR) is 80.1 cm³/mol. The Morgan fingerprint density at radius 3 is 2.57 bits per heavy atom. The number of hydrogen-bond acceptors (Lipinski definition) is 4. The molecule has 1 amide bonds. The van der Waals surface area contributed by atoms with E-state index in [1.54, 1.807) is 13.8 Å². The fraction of sp³-hybridized carbons (Fsp3) is 0.867. The van der Waals surface area contributed by atoms with Crippen LogP contribution in [0.1, 0.15) is 40.0 Å². The van der Waals surface area contributed by atoms with Crippen molar-refractivity contribution in [3.8, 4) is 0 Å². The number of rotatable bonds is 8. The van der Waals surface area contributed by atoms with Crippen molar-refractivity contribution in [1.29, 1.82) is 0 Å². The fourth-order valence-electron chi connectivity index (χ4n) is 2.66. The van der Waals surface area contributed by atoms with Crippen molar-refractivity contribution in [1.82, 2.24) is 10.2 Å². The molecule has 0 aromatic carbocycles. The number of hydrogen-bond donors (Lipinski definition) is 2. The standard InChI is InChI=1S/C15H28N2O4/c1-5-6-11-9-17(8-7-13(18)19)10-12(11)16-14(20)15(2,3)21-4/h11-12H,5-10H2,1-4H3,(H,16,20)(H,18,19)/t11-,12-/m1/s1. The number of likely N-dealkylation sites (tertiary alicyclic amines) is 1. The molecule has 1 heterocycles. The topological polar surface area (TPSA) is 78.9 Å². The van der Waals surface area contributed by atoms with Crippen molar-refractivity contribution in [2.75, 3.05) is 26.7 Å². The molecular weight excluding hydrogens is 272 g/mol. The molecule has 21 heavy (non-hydrogen) atoms. The van der Waals surface area contributed by atoms with E-state index in [1.165, 1.54) is 7.11 Å². The van der Waals surface area contributed by atoms with Crippen LogP contribution in [0.3, 0.4) is 0 Å². The molecule has 2 atom stereocenters. The average Bonchev–Trinajstić information content (AvgIpc) is 2.79. The van der Waals surface area contributed by atoms with Gasteiger partial charge in [-0.15, -0.1) is 0 Å². The number of carboxylic acids is 1. The zero-order valence-corrected chi connectivity index (χ0v) is 13.5. The van der Waals surface area contributed by atoms with Gasteiger partial charge in [-0.25, -0.2) is 0 Å². The summed E-state index contributed by atoms with van der Waals surface area (Å²) in [5.41, 5.74) is -0.842. The highest BCUT2D eigenvalue weighted by atomic mass is 16.5. The monoisotopic (exact) mass is 300 g/mol. The molecule has 0 spiro atoms. The van der Waals surface area contributed by atoms with Crippen LogP contribution in [0.2, 0.25) is 0 Å². The molecule has 0 radical (unpaired) electrons. The predicted octanol–water partition coefficient (Wildman–Crippen LogP) is 1.10. The van der Waals surface area contributed by atoms with Crippen molar-refractivity contribution >= 4 is 11.9 Å². The number of ether oxygens (including phenoxy) is 1. The lowest BCUT2D eigenvalue weighted by molar-refractivity contribution is -0.140. The van der Waals surface area contributed by atoms with Gasteiger partial charge in [-0.2, -0.15) is 0 Å². The van der Waals surface area contributed by atoms with Gasteiger partial charge in [0.15, 0.2) is 0 Å². The van der Waals surface area contributed by atoms with Crippen molar-refractivity contribution in [2.45, 2.75) is 51.7 Å². The average molecular weight is 300 g/mol. The van der Waals surface area contributed by atoms with Crippen LogP contribution in [-0.4, -0.2) is 60.3 Å². The summed E-state index contributed by atoms with van der Waals surface area (Å²) in [5, 5.41) is 11.8. The maximum Gasteiger partial charge on any atom is 0.304 e. The second-order valence-electron chi connectivity index (χ2n) is 6.25. The molecule has 122 valence electrons.